The number of hydrogen-bond acceptors (Lipinski definition) is 4. The molecule has 2 aromatic rings. The third kappa shape index (κ3) is 3.77. The summed E-state index contributed by atoms with van der Waals surface area (Å²) in [6.07, 6.45) is 1.35. The summed E-state index contributed by atoms with van der Waals surface area (Å²) in [7, 11) is 2.12. The first-order valence-electron chi connectivity index (χ1n) is 7.76. The number of nitrogens with zero attached hydrogens (tertiary/aromatic N) is 2. The molecule has 1 saturated heterocycles. The minimum Gasteiger partial charge on any atom is -0.369 e. The van der Waals surface area contributed by atoms with Gasteiger partial charge in [-0.05, 0) is 37.4 Å². The molecule has 7 heteroatoms. The molecule has 2 heterocycles. The average Bonchev–Trinajstić information content (AvgIpc) is 2.59. The van der Waals surface area contributed by atoms with E-state index in [2.05, 4.69) is 27.1 Å². The van der Waals surface area contributed by atoms with Gasteiger partial charge in [0.05, 0.1) is 5.56 Å². The summed E-state index contributed by atoms with van der Waals surface area (Å²) in [5, 5.41) is 2.79. The maximum Gasteiger partial charge on any atom is 0.266 e. The summed E-state index contributed by atoms with van der Waals surface area (Å²) in [5.74, 6) is -0.319. The van der Waals surface area contributed by atoms with Crippen molar-refractivity contribution in [1.29, 1.82) is 0 Å². The van der Waals surface area contributed by atoms with Crippen molar-refractivity contribution in [2.75, 3.05) is 43.4 Å². The number of rotatable bonds is 3. The van der Waals surface area contributed by atoms with Crippen LogP contribution in [0.15, 0.2) is 41.3 Å². The van der Waals surface area contributed by atoms with E-state index >= 15 is 0 Å². The zero-order chi connectivity index (χ0) is 17.1. The van der Waals surface area contributed by atoms with Crippen molar-refractivity contribution in [1.82, 2.24) is 9.88 Å². The summed E-state index contributed by atoms with van der Waals surface area (Å²) in [4.78, 5) is 30.5. The fourth-order valence-corrected chi connectivity index (χ4v) is 2.78. The summed E-state index contributed by atoms with van der Waals surface area (Å²) in [6, 6.07) is 9.10. The number of nitrogens with one attached hydrogen (secondary N) is 2. The molecule has 6 nitrogen and oxygen atoms in total. The maximum absolute atomic E-state index is 12.2. The molecular weight excluding hydrogens is 328 g/mol. The SMILES string of the molecule is CN1CCN(c2ccc(NC(=O)c3c[nH]c(=O)c(Cl)c3)cc2)CC1. The predicted octanol–water partition coefficient (Wildman–Crippen LogP) is 2.03. The molecule has 1 aromatic carbocycles. The van der Waals surface area contributed by atoms with Crippen LogP contribution >= 0.6 is 11.6 Å². The molecule has 0 unspecified atom stereocenters. The average molecular weight is 347 g/mol. The van der Waals surface area contributed by atoms with Gasteiger partial charge < -0.3 is 20.1 Å². The molecule has 0 radical (unpaired) electrons. The van der Waals surface area contributed by atoms with Gasteiger partial charge in [-0.3, -0.25) is 9.59 Å². The standard InChI is InChI=1S/C17H19ClN4O2/c1-21-6-8-22(9-7-21)14-4-2-13(3-5-14)20-16(23)12-10-15(18)17(24)19-11-12/h2-5,10-11H,6-9H2,1H3,(H,19,24)(H,20,23). The smallest absolute Gasteiger partial charge is 0.266 e. The second-order valence-electron chi connectivity index (χ2n) is 5.86. The molecule has 24 heavy (non-hydrogen) atoms. The summed E-state index contributed by atoms with van der Waals surface area (Å²) in [6.45, 7) is 4.09. The van der Waals surface area contributed by atoms with Crippen molar-refractivity contribution >= 4 is 28.9 Å². The van der Waals surface area contributed by atoms with Crippen LogP contribution in [0.2, 0.25) is 5.02 Å². The number of halogens is 1. The van der Waals surface area contributed by atoms with Crippen LogP contribution < -0.4 is 15.8 Å². The number of benzene rings is 1. The predicted molar refractivity (Wildman–Crippen MR) is 96.2 cm³/mol. The third-order valence-electron chi connectivity index (χ3n) is 4.11. The van der Waals surface area contributed by atoms with Gasteiger partial charge in [0, 0.05) is 43.8 Å². The number of pyridine rings is 1. The maximum atomic E-state index is 12.2. The monoisotopic (exact) mass is 346 g/mol. The summed E-state index contributed by atoms with van der Waals surface area (Å²) in [5.41, 5.74) is 1.74. The first-order valence-corrected chi connectivity index (χ1v) is 8.14. The van der Waals surface area contributed by atoms with Gasteiger partial charge in [0.15, 0.2) is 0 Å². The van der Waals surface area contributed by atoms with Crippen LogP contribution in [0.5, 0.6) is 0 Å². The number of carbonyl (C=O) groups is 1. The van der Waals surface area contributed by atoms with Crippen LogP contribution in [0.3, 0.4) is 0 Å². The second-order valence-corrected chi connectivity index (χ2v) is 6.26. The topological polar surface area (TPSA) is 68.4 Å². The fourth-order valence-electron chi connectivity index (χ4n) is 2.61. The molecule has 3 rings (SSSR count). The van der Waals surface area contributed by atoms with E-state index in [1.54, 1.807) is 0 Å². The molecule has 1 amide bonds. The Bertz CT molecular complexity index is 780. The van der Waals surface area contributed by atoms with Gasteiger partial charge in [0.2, 0.25) is 0 Å². The van der Waals surface area contributed by atoms with Crippen LogP contribution in [0.25, 0.3) is 0 Å². The van der Waals surface area contributed by atoms with E-state index in [9.17, 15) is 9.59 Å². The fraction of sp³-hybridized carbons (Fsp3) is 0.294. The lowest BCUT2D eigenvalue weighted by molar-refractivity contribution is 0.102. The van der Waals surface area contributed by atoms with Crippen LogP contribution in [0.1, 0.15) is 10.4 Å². The van der Waals surface area contributed by atoms with Gasteiger partial charge in [-0.25, -0.2) is 0 Å². The lowest BCUT2D eigenvalue weighted by Gasteiger charge is -2.34. The van der Waals surface area contributed by atoms with Gasteiger partial charge >= 0.3 is 0 Å². The number of piperazine rings is 1. The summed E-state index contributed by atoms with van der Waals surface area (Å²) < 4.78 is 0. The highest BCUT2D eigenvalue weighted by Crippen LogP contribution is 2.19. The number of aromatic nitrogens is 1. The lowest BCUT2D eigenvalue weighted by atomic mass is 10.2. The van der Waals surface area contributed by atoms with Crippen molar-refractivity contribution in [2.24, 2.45) is 0 Å². The number of likely N-dealkylation sites (N-methyl/N-ethyl adjacent to an activating group) is 1. The highest BCUT2D eigenvalue weighted by atomic mass is 35.5. The van der Waals surface area contributed by atoms with Gasteiger partial charge in [-0.1, -0.05) is 11.6 Å². The van der Waals surface area contributed by atoms with Gasteiger partial charge in [0.1, 0.15) is 5.02 Å². The number of anilines is 2. The molecule has 0 saturated carbocycles. The zero-order valence-electron chi connectivity index (χ0n) is 13.4. The molecule has 2 N–H and O–H groups in total. The van der Waals surface area contributed by atoms with E-state index in [-0.39, 0.29) is 10.9 Å². The van der Waals surface area contributed by atoms with E-state index in [1.165, 1.54) is 12.3 Å². The second kappa shape index (κ2) is 7.07. The van der Waals surface area contributed by atoms with Crippen molar-refractivity contribution in [3.8, 4) is 0 Å². The van der Waals surface area contributed by atoms with Crippen LogP contribution in [-0.2, 0) is 0 Å². The van der Waals surface area contributed by atoms with E-state index in [0.717, 1.165) is 31.9 Å². The van der Waals surface area contributed by atoms with Crippen molar-refractivity contribution < 1.29 is 4.79 Å². The number of hydrogen-bond donors (Lipinski definition) is 2. The molecule has 1 fully saturated rings. The normalized spacial score (nSPS) is 15.3. The Morgan fingerprint density at radius 1 is 1.17 bits per heavy atom. The zero-order valence-corrected chi connectivity index (χ0v) is 14.1. The Morgan fingerprint density at radius 2 is 1.83 bits per heavy atom. The van der Waals surface area contributed by atoms with Gasteiger partial charge in [-0.2, -0.15) is 0 Å². The molecule has 1 aliphatic heterocycles. The van der Waals surface area contributed by atoms with E-state index < -0.39 is 5.56 Å². The molecule has 1 aromatic heterocycles. The van der Waals surface area contributed by atoms with Gasteiger partial charge in [-0.15, -0.1) is 0 Å². The van der Waals surface area contributed by atoms with E-state index in [0.29, 0.717) is 11.3 Å². The molecule has 0 spiro atoms. The van der Waals surface area contributed by atoms with E-state index in [4.69, 9.17) is 11.6 Å². The first-order chi connectivity index (χ1) is 11.5. The van der Waals surface area contributed by atoms with Crippen LogP contribution in [-0.4, -0.2) is 49.0 Å². The minimum atomic E-state index is -0.412. The van der Waals surface area contributed by atoms with Gasteiger partial charge in [0.25, 0.3) is 11.5 Å². The van der Waals surface area contributed by atoms with Crippen molar-refractivity contribution in [2.45, 2.75) is 0 Å². The Kier molecular flexibility index (Phi) is 4.87. The van der Waals surface area contributed by atoms with Crippen LogP contribution in [0.4, 0.5) is 11.4 Å². The van der Waals surface area contributed by atoms with E-state index in [1.807, 2.05) is 24.3 Å². The Balaban J connectivity index is 1.66. The quantitative estimate of drug-likeness (QED) is 0.892. The molecule has 126 valence electrons. The highest BCUT2D eigenvalue weighted by molar-refractivity contribution is 6.30. The lowest BCUT2D eigenvalue weighted by Crippen LogP contribution is -2.44. The van der Waals surface area contributed by atoms with Crippen molar-refractivity contribution in [3.05, 3.63) is 57.5 Å². The molecule has 0 aliphatic carbocycles. The van der Waals surface area contributed by atoms with Crippen LogP contribution in [0, 0.1) is 0 Å². The number of carbonyl (C=O) groups excluding carboxylic acids is 1. The Hall–Kier alpha value is -2.31. The molecular formula is C17H19ClN4O2. The first kappa shape index (κ1) is 16.5. The number of aromatic amines is 1. The van der Waals surface area contributed by atoms with Crippen molar-refractivity contribution in [3.63, 3.8) is 0 Å². The molecule has 0 atom stereocenters. The Morgan fingerprint density at radius 3 is 2.46 bits per heavy atom. The summed E-state index contributed by atoms with van der Waals surface area (Å²) >= 11 is 5.75. The highest BCUT2D eigenvalue weighted by Gasteiger charge is 2.14. The number of H-pyrrole nitrogens is 1. The molecule has 0 bridgehead atoms. The molecule has 1 aliphatic rings. The third-order valence-corrected chi connectivity index (χ3v) is 4.39. The largest absolute Gasteiger partial charge is 0.369 e. The number of amides is 1. The Labute approximate surface area is 145 Å². The minimum absolute atomic E-state index is 0.00642.